The van der Waals surface area contributed by atoms with Gasteiger partial charge in [-0.05, 0) is 25.9 Å². The largest absolute Gasteiger partial charge is 0.368 e. The van der Waals surface area contributed by atoms with Crippen LogP contribution in [0.4, 0.5) is 0 Å². The van der Waals surface area contributed by atoms with Gasteiger partial charge in [0, 0.05) is 35.4 Å². The Morgan fingerprint density at radius 3 is 2.59 bits per heavy atom. The number of rotatable bonds is 3. The Morgan fingerprint density at radius 2 is 1.94 bits per heavy atom. The molecule has 2 aliphatic rings. The number of carbonyl (C=O) groups excluding carboxylic acids is 1. The third-order valence-corrected chi connectivity index (χ3v) is 4.53. The number of ether oxygens (including phenoxy) is 1. The van der Waals surface area contributed by atoms with Crippen molar-refractivity contribution in [2.75, 3.05) is 44.3 Å². The maximum absolute atomic E-state index is 11.8. The highest BCUT2D eigenvalue weighted by atomic mass is 32.2. The second-order valence-corrected chi connectivity index (χ2v) is 6.19. The molecule has 0 radical (unpaired) electrons. The first-order chi connectivity index (χ1) is 8.25. The molecule has 2 heterocycles. The van der Waals surface area contributed by atoms with E-state index in [0.717, 1.165) is 25.9 Å². The van der Waals surface area contributed by atoms with Crippen LogP contribution in [0, 0.1) is 0 Å². The number of piperidine rings is 1. The van der Waals surface area contributed by atoms with Crippen LogP contribution in [0.2, 0.25) is 0 Å². The molecule has 0 saturated carbocycles. The van der Waals surface area contributed by atoms with E-state index < -0.39 is 10.8 Å². The Balaban J connectivity index is 1.67. The van der Waals surface area contributed by atoms with Gasteiger partial charge in [-0.15, -0.1) is 0 Å². The topological polar surface area (TPSA) is 58.6 Å². The Bertz CT molecular complexity index is 282. The summed E-state index contributed by atoms with van der Waals surface area (Å²) in [6.07, 6.45) is 2.19. The van der Waals surface area contributed by atoms with Crippen LogP contribution in [0.25, 0.3) is 0 Å². The maximum atomic E-state index is 11.8. The van der Waals surface area contributed by atoms with E-state index in [1.807, 2.05) is 0 Å². The number of amides is 1. The Labute approximate surface area is 104 Å². The van der Waals surface area contributed by atoms with Gasteiger partial charge in [0.1, 0.15) is 6.61 Å². The fourth-order valence-electron chi connectivity index (χ4n) is 2.13. The Kier molecular flexibility index (Phi) is 4.94. The van der Waals surface area contributed by atoms with E-state index in [-0.39, 0.29) is 18.6 Å². The van der Waals surface area contributed by atoms with Crippen molar-refractivity contribution in [3.8, 4) is 0 Å². The molecule has 0 aromatic carbocycles. The summed E-state index contributed by atoms with van der Waals surface area (Å²) in [4.78, 5) is 13.6. The SMILES string of the molecule is O=C(COC1CCNCC1)N1CCS(=O)CC1. The zero-order chi connectivity index (χ0) is 12.1. The van der Waals surface area contributed by atoms with Crippen molar-refractivity contribution in [3.63, 3.8) is 0 Å². The highest BCUT2D eigenvalue weighted by Crippen LogP contribution is 2.08. The first kappa shape index (κ1) is 13.0. The molecule has 6 heteroatoms. The van der Waals surface area contributed by atoms with Gasteiger partial charge >= 0.3 is 0 Å². The smallest absolute Gasteiger partial charge is 0.248 e. The van der Waals surface area contributed by atoms with Crippen molar-refractivity contribution in [2.24, 2.45) is 0 Å². The van der Waals surface area contributed by atoms with Gasteiger partial charge < -0.3 is 15.0 Å². The van der Waals surface area contributed by atoms with Gasteiger partial charge in [-0.3, -0.25) is 9.00 Å². The van der Waals surface area contributed by atoms with E-state index in [2.05, 4.69) is 5.32 Å². The normalized spacial score (nSPS) is 23.9. The Morgan fingerprint density at radius 1 is 1.29 bits per heavy atom. The van der Waals surface area contributed by atoms with Gasteiger partial charge in [0.05, 0.1) is 6.10 Å². The maximum Gasteiger partial charge on any atom is 0.248 e. The van der Waals surface area contributed by atoms with E-state index in [9.17, 15) is 9.00 Å². The average molecular weight is 260 g/mol. The summed E-state index contributed by atoms with van der Waals surface area (Å²) in [5.74, 6) is 1.26. The minimum Gasteiger partial charge on any atom is -0.368 e. The van der Waals surface area contributed by atoms with E-state index in [0.29, 0.717) is 24.6 Å². The van der Waals surface area contributed by atoms with Gasteiger partial charge in [-0.1, -0.05) is 0 Å². The minimum atomic E-state index is -0.729. The number of carbonyl (C=O) groups is 1. The molecular formula is C11H20N2O3S. The quantitative estimate of drug-likeness (QED) is 0.732. The molecule has 2 saturated heterocycles. The lowest BCUT2D eigenvalue weighted by Gasteiger charge is -2.28. The zero-order valence-electron chi connectivity index (χ0n) is 10.0. The highest BCUT2D eigenvalue weighted by Gasteiger charge is 2.21. The zero-order valence-corrected chi connectivity index (χ0v) is 10.8. The van der Waals surface area contributed by atoms with Gasteiger partial charge in [0.25, 0.3) is 0 Å². The van der Waals surface area contributed by atoms with Crippen LogP contribution in [0.3, 0.4) is 0 Å². The second-order valence-electron chi connectivity index (χ2n) is 4.49. The van der Waals surface area contributed by atoms with E-state index in [1.54, 1.807) is 4.90 Å². The van der Waals surface area contributed by atoms with Crippen LogP contribution in [0.1, 0.15) is 12.8 Å². The highest BCUT2D eigenvalue weighted by molar-refractivity contribution is 7.85. The van der Waals surface area contributed by atoms with E-state index >= 15 is 0 Å². The van der Waals surface area contributed by atoms with E-state index in [4.69, 9.17) is 4.74 Å². The predicted octanol–water partition coefficient (Wildman–Crippen LogP) is -0.654. The number of nitrogens with zero attached hydrogens (tertiary/aromatic N) is 1. The number of hydrogen-bond acceptors (Lipinski definition) is 4. The summed E-state index contributed by atoms with van der Waals surface area (Å²) in [6, 6.07) is 0. The number of nitrogens with one attached hydrogen (secondary N) is 1. The lowest BCUT2D eigenvalue weighted by Crippen LogP contribution is -2.44. The molecule has 0 atom stereocenters. The molecule has 1 N–H and O–H groups in total. The third-order valence-electron chi connectivity index (χ3n) is 3.26. The molecule has 5 nitrogen and oxygen atoms in total. The summed E-state index contributed by atoms with van der Waals surface area (Å²) >= 11 is 0. The van der Waals surface area contributed by atoms with Crippen molar-refractivity contribution in [2.45, 2.75) is 18.9 Å². The fourth-order valence-corrected chi connectivity index (χ4v) is 3.18. The molecule has 98 valence electrons. The third kappa shape index (κ3) is 4.04. The van der Waals surface area contributed by atoms with Crippen LogP contribution in [0.5, 0.6) is 0 Å². The molecule has 2 aliphatic heterocycles. The van der Waals surface area contributed by atoms with Crippen LogP contribution < -0.4 is 5.32 Å². The molecule has 0 unspecified atom stereocenters. The van der Waals surface area contributed by atoms with Crippen molar-refractivity contribution in [1.29, 1.82) is 0 Å². The average Bonchev–Trinajstić information content (AvgIpc) is 2.38. The fraction of sp³-hybridized carbons (Fsp3) is 0.909. The molecule has 2 rings (SSSR count). The van der Waals surface area contributed by atoms with Crippen LogP contribution >= 0.6 is 0 Å². The van der Waals surface area contributed by atoms with Gasteiger partial charge in [0.2, 0.25) is 5.91 Å². The summed E-state index contributed by atoms with van der Waals surface area (Å²) in [5, 5.41) is 3.26. The summed E-state index contributed by atoms with van der Waals surface area (Å²) in [7, 11) is -0.729. The van der Waals surface area contributed by atoms with Crippen LogP contribution in [0.15, 0.2) is 0 Å². The number of hydrogen-bond donors (Lipinski definition) is 1. The lowest BCUT2D eigenvalue weighted by molar-refractivity contribution is -0.138. The van der Waals surface area contributed by atoms with Crippen molar-refractivity contribution < 1.29 is 13.7 Å². The summed E-state index contributed by atoms with van der Waals surface area (Å²) < 4.78 is 16.8. The van der Waals surface area contributed by atoms with Gasteiger partial charge in [-0.2, -0.15) is 0 Å². The standard InChI is InChI=1S/C11H20N2O3S/c14-11(13-5-7-17(15)8-6-13)9-16-10-1-3-12-4-2-10/h10,12H,1-9H2. The molecule has 2 fully saturated rings. The van der Waals surface area contributed by atoms with Crippen molar-refractivity contribution in [1.82, 2.24) is 10.2 Å². The minimum absolute atomic E-state index is 0.0419. The van der Waals surface area contributed by atoms with Crippen molar-refractivity contribution in [3.05, 3.63) is 0 Å². The molecular weight excluding hydrogens is 240 g/mol. The summed E-state index contributed by atoms with van der Waals surface area (Å²) in [6.45, 7) is 3.35. The molecule has 1 amide bonds. The van der Waals surface area contributed by atoms with Crippen LogP contribution in [-0.2, 0) is 20.3 Å². The van der Waals surface area contributed by atoms with Gasteiger partial charge in [-0.25, -0.2) is 0 Å². The monoisotopic (exact) mass is 260 g/mol. The molecule has 17 heavy (non-hydrogen) atoms. The van der Waals surface area contributed by atoms with Gasteiger partial charge in [0.15, 0.2) is 0 Å². The first-order valence-electron chi connectivity index (χ1n) is 6.21. The molecule has 0 aromatic rings. The Hall–Kier alpha value is -0.460. The molecule has 0 aliphatic carbocycles. The molecule has 0 bridgehead atoms. The first-order valence-corrected chi connectivity index (χ1v) is 7.69. The van der Waals surface area contributed by atoms with Crippen molar-refractivity contribution >= 4 is 16.7 Å². The summed E-state index contributed by atoms with van der Waals surface area (Å²) in [5.41, 5.74) is 0. The second kappa shape index (κ2) is 6.47. The molecule has 0 aromatic heterocycles. The molecule has 0 spiro atoms. The lowest BCUT2D eigenvalue weighted by atomic mass is 10.1. The van der Waals surface area contributed by atoms with Crippen LogP contribution in [-0.4, -0.2) is 65.4 Å². The van der Waals surface area contributed by atoms with E-state index in [1.165, 1.54) is 0 Å². The predicted molar refractivity (Wildman–Crippen MR) is 66.3 cm³/mol.